The van der Waals surface area contributed by atoms with Gasteiger partial charge in [0.1, 0.15) is 0 Å². The summed E-state index contributed by atoms with van der Waals surface area (Å²) in [5.41, 5.74) is 0.715. The molecule has 1 amide bonds. The molecule has 0 aliphatic carbocycles. The van der Waals surface area contributed by atoms with E-state index in [1.165, 1.54) is 0 Å². The monoisotopic (exact) mass is 282 g/mol. The first-order valence-electron chi connectivity index (χ1n) is 5.81. The Morgan fingerprint density at radius 3 is 2.37 bits per heavy atom. The summed E-state index contributed by atoms with van der Waals surface area (Å²) < 4.78 is 10.3. The van der Waals surface area contributed by atoms with Crippen LogP contribution in [0.15, 0.2) is 18.2 Å². The Labute approximate surface area is 118 Å². The summed E-state index contributed by atoms with van der Waals surface area (Å²) >= 11 is 5.06. The van der Waals surface area contributed by atoms with Crippen LogP contribution in [0.5, 0.6) is 11.5 Å². The number of amides is 1. The van der Waals surface area contributed by atoms with E-state index in [0.717, 1.165) is 0 Å². The van der Waals surface area contributed by atoms with Gasteiger partial charge >= 0.3 is 0 Å². The van der Waals surface area contributed by atoms with Crippen LogP contribution in [0.4, 0.5) is 5.69 Å². The number of methoxy groups -OCH3 is 2. The Kier molecular flexibility index (Phi) is 5.57. The van der Waals surface area contributed by atoms with Crippen molar-refractivity contribution in [2.75, 3.05) is 19.5 Å². The van der Waals surface area contributed by atoms with E-state index in [1.54, 1.807) is 46.3 Å². The fourth-order valence-corrected chi connectivity index (χ4v) is 1.55. The second-order valence-corrected chi connectivity index (χ2v) is 4.58. The number of thiocarbonyl (C=S) groups is 1. The van der Waals surface area contributed by atoms with Crippen molar-refractivity contribution >= 4 is 28.9 Å². The number of carbonyl (C=O) groups excluding carboxylic acids is 1. The highest BCUT2D eigenvalue weighted by Crippen LogP contribution is 2.29. The van der Waals surface area contributed by atoms with E-state index < -0.39 is 0 Å². The molecule has 0 saturated carbocycles. The van der Waals surface area contributed by atoms with E-state index in [0.29, 0.717) is 17.2 Å². The zero-order valence-electron chi connectivity index (χ0n) is 11.4. The molecule has 0 heterocycles. The topological polar surface area (TPSA) is 59.6 Å². The van der Waals surface area contributed by atoms with Gasteiger partial charge in [-0.3, -0.25) is 4.79 Å². The number of anilines is 1. The lowest BCUT2D eigenvalue weighted by molar-refractivity contribution is -0.122. The third-order valence-electron chi connectivity index (χ3n) is 2.40. The number of carbonyl (C=O) groups is 1. The maximum Gasteiger partial charge on any atom is 0.228 e. The Morgan fingerprint density at radius 1 is 1.21 bits per heavy atom. The third kappa shape index (κ3) is 4.40. The van der Waals surface area contributed by atoms with Gasteiger partial charge in [0.25, 0.3) is 0 Å². The SMILES string of the molecule is COc1ccc(NC(=S)NC(=O)C(C)C)cc1OC. The fraction of sp³-hybridized carbons (Fsp3) is 0.385. The lowest BCUT2D eigenvalue weighted by atomic mass is 10.2. The van der Waals surface area contributed by atoms with Gasteiger partial charge in [-0.25, -0.2) is 0 Å². The molecule has 1 aromatic rings. The Morgan fingerprint density at radius 2 is 1.84 bits per heavy atom. The first-order valence-corrected chi connectivity index (χ1v) is 6.22. The second-order valence-electron chi connectivity index (χ2n) is 4.17. The predicted octanol–water partition coefficient (Wildman–Crippen LogP) is 2.17. The molecule has 19 heavy (non-hydrogen) atoms. The standard InChI is InChI=1S/C13H18N2O3S/c1-8(2)12(16)15-13(19)14-9-5-6-10(17-3)11(7-9)18-4/h5-8H,1-4H3,(H2,14,15,16,19). The van der Waals surface area contributed by atoms with Crippen LogP contribution in [0, 0.1) is 5.92 Å². The molecule has 6 heteroatoms. The lowest BCUT2D eigenvalue weighted by Gasteiger charge is -2.13. The lowest BCUT2D eigenvalue weighted by Crippen LogP contribution is -2.36. The van der Waals surface area contributed by atoms with E-state index >= 15 is 0 Å². The van der Waals surface area contributed by atoms with Crippen LogP contribution in [-0.4, -0.2) is 25.2 Å². The zero-order chi connectivity index (χ0) is 14.4. The number of nitrogens with one attached hydrogen (secondary N) is 2. The quantitative estimate of drug-likeness (QED) is 0.829. The number of rotatable bonds is 4. The van der Waals surface area contributed by atoms with Crippen LogP contribution < -0.4 is 20.1 Å². The highest BCUT2D eigenvalue weighted by molar-refractivity contribution is 7.80. The van der Waals surface area contributed by atoms with E-state index in [9.17, 15) is 4.79 Å². The summed E-state index contributed by atoms with van der Waals surface area (Å²) in [6.45, 7) is 3.60. The molecule has 0 fully saturated rings. The smallest absolute Gasteiger partial charge is 0.228 e. The number of hydrogen-bond donors (Lipinski definition) is 2. The molecule has 0 aliphatic rings. The second kappa shape index (κ2) is 6.94. The normalized spacial score (nSPS) is 9.95. The van der Waals surface area contributed by atoms with E-state index in [4.69, 9.17) is 21.7 Å². The van der Waals surface area contributed by atoms with Crippen molar-refractivity contribution in [1.29, 1.82) is 0 Å². The molecule has 0 atom stereocenters. The predicted molar refractivity (Wildman–Crippen MR) is 78.7 cm³/mol. The summed E-state index contributed by atoms with van der Waals surface area (Å²) in [5, 5.41) is 5.78. The van der Waals surface area contributed by atoms with Gasteiger partial charge in [-0.2, -0.15) is 0 Å². The van der Waals surface area contributed by atoms with Crippen molar-refractivity contribution < 1.29 is 14.3 Å². The molecule has 0 saturated heterocycles. The summed E-state index contributed by atoms with van der Waals surface area (Å²) in [6.07, 6.45) is 0. The average Bonchev–Trinajstić information content (AvgIpc) is 2.38. The van der Waals surface area contributed by atoms with Gasteiger partial charge in [-0.1, -0.05) is 13.8 Å². The van der Waals surface area contributed by atoms with Gasteiger partial charge < -0.3 is 20.1 Å². The Bertz CT molecular complexity index is 475. The minimum atomic E-state index is -0.127. The van der Waals surface area contributed by atoms with Gasteiger partial charge in [0.2, 0.25) is 5.91 Å². The summed E-state index contributed by atoms with van der Waals surface area (Å²) in [6, 6.07) is 5.29. The van der Waals surface area contributed by atoms with Crippen molar-refractivity contribution in [1.82, 2.24) is 5.32 Å². The molecule has 1 aromatic carbocycles. The van der Waals surface area contributed by atoms with Crippen LogP contribution in [0.25, 0.3) is 0 Å². The number of ether oxygens (including phenoxy) is 2. The van der Waals surface area contributed by atoms with Gasteiger partial charge in [-0.15, -0.1) is 0 Å². The molecule has 2 N–H and O–H groups in total. The first kappa shape index (κ1) is 15.2. The molecular weight excluding hydrogens is 264 g/mol. The molecular formula is C13H18N2O3S. The summed E-state index contributed by atoms with van der Waals surface area (Å²) in [7, 11) is 3.12. The van der Waals surface area contributed by atoms with E-state index in [1.807, 2.05) is 0 Å². The van der Waals surface area contributed by atoms with Gasteiger partial charge in [-0.05, 0) is 24.4 Å². The minimum Gasteiger partial charge on any atom is -0.493 e. The molecule has 5 nitrogen and oxygen atoms in total. The average molecular weight is 282 g/mol. The molecule has 0 bridgehead atoms. The molecule has 0 unspecified atom stereocenters. The Hall–Kier alpha value is -1.82. The highest BCUT2D eigenvalue weighted by Gasteiger charge is 2.10. The van der Waals surface area contributed by atoms with Gasteiger partial charge in [0.15, 0.2) is 16.6 Å². The van der Waals surface area contributed by atoms with Crippen molar-refractivity contribution in [3.8, 4) is 11.5 Å². The number of hydrogen-bond acceptors (Lipinski definition) is 4. The maximum absolute atomic E-state index is 11.5. The minimum absolute atomic E-state index is 0.120. The van der Waals surface area contributed by atoms with E-state index in [-0.39, 0.29) is 16.9 Å². The molecule has 0 aliphatic heterocycles. The Balaban J connectivity index is 2.72. The van der Waals surface area contributed by atoms with Crippen molar-refractivity contribution in [2.45, 2.75) is 13.8 Å². The van der Waals surface area contributed by atoms with Gasteiger partial charge in [0, 0.05) is 17.7 Å². The van der Waals surface area contributed by atoms with E-state index in [2.05, 4.69) is 10.6 Å². The fourth-order valence-electron chi connectivity index (χ4n) is 1.33. The van der Waals surface area contributed by atoms with Gasteiger partial charge in [0.05, 0.1) is 14.2 Å². The largest absolute Gasteiger partial charge is 0.493 e. The summed E-state index contributed by atoms with van der Waals surface area (Å²) in [5.74, 6) is 0.971. The zero-order valence-corrected chi connectivity index (χ0v) is 12.3. The van der Waals surface area contributed by atoms with Crippen LogP contribution in [0.1, 0.15) is 13.8 Å². The van der Waals surface area contributed by atoms with Crippen LogP contribution in [0.3, 0.4) is 0 Å². The maximum atomic E-state index is 11.5. The van der Waals surface area contributed by atoms with Crippen LogP contribution in [0.2, 0.25) is 0 Å². The third-order valence-corrected chi connectivity index (χ3v) is 2.61. The molecule has 0 spiro atoms. The van der Waals surface area contributed by atoms with Crippen LogP contribution >= 0.6 is 12.2 Å². The van der Waals surface area contributed by atoms with Crippen LogP contribution in [-0.2, 0) is 4.79 Å². The van der Waals surface area contributed by atoms with Crippen molar-refractivity contribution in [3.63, 3.8) is 0 Å². The number of benzene rings is 1. The summed E-state index contributed by atoms with van der Waals surface area (Å²) in [4.78, 5) is 11.5. The first-order chi connectivity index (χ1) is 8.97. The van der Waals surface area contributed by atoms with Crippen molar-refractivity contribution in [2.24, 2.45) is 5.92 Å². The molecule has 1 rings (SSSR count). The molecule has 0 aromatic heterocycles. The van der Waals surface area contributed by atoms with Crippen molar-refractivity contribution in [3.05, 3.63) is 18.2 Å². The molecule has 104 valence electrons. The highest BCUT2D eigenvalue weighted by atomic mass is 32.1. The molecule has 0 radical (unpaired) electrons.